The van der Waals surface area contributed by atoms with Gasteiger partial charge in [-0.25, -0.2) is 11.0 Å². The molecule has 8 N–H and O–H groups in total. The Balaban J connectivity index is 3.46. The molecule has 0 aliphatic carbocycles. The molecule has 0 spiro atoms. The van der Waals surface area contributed by atoms with E-state index in [1.165, 1.54) is 0 Å². The summed E-state index contributed by atoms with van der Waals surface area (Å²) in [6.07, 6.45) is 3.28. The Bertz CT molecular complexity index is 294. The van der Waals surface area contributed by atoms with Gasteiger partial charge >= 0.3 is 0 Å². The highest BCUT2D eigenvalue weighted by atomic mass is 33.1. The molecule has 0 aromatic carbocycles. The van der Waals surface area contributed by atoms with Crippen LogP contribution in [-0.2, 0) is 9.59 Å². The Hall–Kier alpha value is -0.520. The summed E-state index contributed by atoms with van der Waals surface area (Å²) in [5, 5.41) is 16.7. The molecule has 0 fully saturated rings. The molecule has 0 saturated carbocycles. The lowest BCUT2D eigenvalue weighted by atomic mass is 10.1. The zero-order valence-corrected chi connectivity index (χ0v) is 14.1. The van der Waals surface area contributed by atoms with Crippen LogP contribution in [0.5, 0.6) is 0 Å². The highest BCUT2D eigenvalue weighted by Gasteiger charge is 2.08. The number of nitrogens with one attached hydrogen (secondary N) is 2. The lowest BCUT2D eigenvalue weighted by Crippen LogP contribution is -2.25. The molecule has 0 aromatic heterocycles. The predicted octanol–water partition coefficient (Wildman–Crippen LogP) is 0.374. The first kappa shape index (κ1) is 21.5. The molecule has 10 heteroatoms. The van der Waals surface area contributed by atoms with Crippen LogP contribution < -0.4 is 22.4 Å². The quantitative estimate of drug-likeness (QED) is 0.120. The average molecular weight is 354 g/mol. The zero-order valence-electron chi connectivity index (χ0n) is 12.5. The highest BCUT2D eigenvalue weighted by Crippen LogP contribution is 2.24. The van der Waals surface area contributed by atoms with E-state index in [-0.39, 0.29) is 24.9 Å². The lowest BCUT2D eigenvalue weighted by Gasteiger charge is -2.12. The van der Waals surface area contributed by atoms with Gasteiger partial charge in [0.2, 0.25) is 11.8 Å². The monoisotopic (exact) mass is 354 g/mol. The summed E-state index contributed by atoms with van der Waals surface area (Å²) in [4.78, 5) is 21.6. The lowest BCUT2D eigenvalue weighted by molar-refractivity contribution is -0.130. The number of hydrogen-bond donors (Lipinski definition) is 6. The summed E-state index contributed by atoms with van der Waals surface area (Å²) >= 11 is 0. The fraction of sp³-hybridized carbons (Fsp3) is 0.833. The van der Waals surface area contributed by atoms with Crippen LogP contribution in [0.25, 0.3) is 0 Å². The molecule has 0 saturated heterocycles. The molecule has 0 aromatic rings. The van der Waals surface area contributed by atoms with Crippen LogP contribution in [0.15, 0.2) is 0 Å². The highest BCUT2D eigenvalue weighted by molar-refractivity contribution is 8.76. The maximum Gasteiger partial charge on any atom is 0.243 e. The molecule has 22 heavy (non-hydrogen) atoms. The predicted molar refractivity (Wildman–Crippen MR) is 88.4 cm³/mol. The van der Waals surface area contributed by atoms with Gasteiger partial charge in [0.25, 0.3) is 0 Å². The molecular formula is C12H26N4O4S2. The first-order valence-electron chi connectivity index (χ1n) is 7.11. The van der Waals surface area contributed by atoms with E-state index < -0.39 is 11.8 Å². The van der Waals surface area contributed by atoms with Crippen LogP contribution in [0.1, 0.15) is 38.5 Å². The number of rotatable bonds is 13. The molecule has 0 aliphatic heterocycles. The standard InChI is InChI=1S/C12H26N4O4S2/c13-9(3-1-5-11(17)15-19)7-21-22-8-10(14)4-2-6-12(18)16-20/h9-10,19-20H,1-8,13-14H2,(H,15,17)(H,16,18)/t9-,10-/m0/s1. The van der Waals surface area contributed by atoms with Crippen molar-refractivity contribution in [3.05, 3.63) is 0 Å². The fourth-order valence-electron chi connectivity index (χ4n) is 1.60. The van der Waals surface area contributed by atoms with Gasteiger partial charge < -0.3 is 11.5 Å². The zero-order chi connectivity index (χ0) is 16.8. The van der Waals surface area contributed by atoms with E-state index in [1.807, 2.05) is 0 Å². The Morgan fingerprint density at radius 3 is 1.55 bits per heavy atom. The number of carbonyl (C=O) groups excluding carboxylic acids is 2. The Morgan fingerprint density at radius 1 is 0.864 bits per heavy atom. The second-order valence-electron chi connectivity index (χ2n) is 4.94. The van der Waals surface area contributed by atoms with Gasteiger partial charge in [0.1, 0.15) is 0 Å². The van der Waals surface area contributed by atoms with Gasteiger partial charge in [0, 0.05) is 36.4 Å². The Morgan fingerprint density at radius 2 is 1.23 bits per heavy atom. The minimum absolute atomic E-state index is 0.00784. The minimum atomic E-state index is -0.393. The van der Waals surface area contributed by atoms with E-state index in [1.54, 1.807) is 32.5 Å². The summed E-state index contributed by atoms with van der Waals surface area (Å²) < 4.78 is 0. The van der Waals surface area contributed by atoms with Gasteiger partial charge in [-0.15, -0.1) is 0 Å². The summed E-state index contributed by atoms with van der Waals surface area (Å²) in [7, 11) is 3.28. The topological polar surface area (TPSA) is 151 Å². The normalized spacial score (nSPS) is 13.5. The molecule has 2 atom stereocenters. The molecule has 0 unspecified atom stereocenters. The van der Waals surface area contributed by atoms with Crippen molar-refractivity contribution in [2.75, 3.05) is 11.5 Å². The van der Waals surface area contributed by atoms with Crippen molar-refractivity contribution in [1.82, 2.24) is 11.0 Å². The van der Waals surface area contributed by atoms with Gasteiger partial charge in [-0.05, 0) is 25.7 Å². The Kier molecular flexibility index (Phi) is 13.8. The summed E-state index contributed by atoms with van der Waals surface area (Å²) in [6.45, 7) is 0. The number of nitrogens with two attached hydrogens (primary N) is 2. The number of hydrogen-bond acceptors (Lipinski definition) is 8. The van der Waals surface area contributed by atoms with E-state index in [9.17, 15) is 9.59 Å². The van der Waals surface area contributed by atoms with Crippen molar-refractivity contribution >= 4 is 33.4 Å². The molecule has 2 amide bonds. The van der Waals surface area contributed by atoms with Crippen LogP contribution in [0.4, 0.5) is 0 Å². The van der Waals surface area contributed by atoms with Gasteiger partial charge in [-0.2, -0.15) is 0 Å². The molecular weight excluding hydrogens is 328 g/mol. The number of amides is 2. The van der Waals surface area contributed by atoms with Crippen LogP contribution in [0.3, 0.4) is 0 Å². The smallest absolute Gasteiger partial charge is 0.243 e. The number of hydroxylamine groups is 2. The first-order valence-corrected chi connectivity index (χ1v) is 9.59. The summed E-state index contributed by atoms with van der Waals surface area (Å²) in [6, 6.07) is 0.0157. The third-order valence-corrected chi connectivity index (χ3v) is 5.47. The summed E-state index contributed by atoms with van der Waals surface area (Å²) in [5.74, 6) is 0.751. The van der Waals surface area contributed by atoms with Crippen LogP contribution in [0, 0.1) is 0 Å². The van der Waals surface area contributed by atoms with Crippen molar-refractivity contribution in [3.8, 4) is 0 Å². The van der Waals surface area contributed by atoms with Crippen molar-refractivity contribution in [2.45, 2.75) is 50.6 Å². The maximum absolute atomic E-state index is 10.8. The molecule has 0 aliphatic rings. The first-order chi connectivity index (χ1) is 10.5. The van der Waals surface area contributed by atoms with E-state index in [0.717, 1.165) is 24.3 Å². The molecule has 0 radical (unpaired) electrons. The van der Waals surface area contributed by atoms with E-state index in [4.69, 9.17) is 21.9 Å². The third kappa shape index (κ3) is 13.2. The fourth-order valence-corrected chi connectivity index (χ4v) is 4.10. The van der Waals surface area contributed by atoms with Crippen LogP contribution in [0.2, 0.25) is 0 Å². The molecule has 130 valence electrons. The number of carbonyl (C=O) groups is 2. The molecule has 8 nitrogen and oxygen atoms in total. The average Bonchev–Trinajstić information content (AvgIpc) is 2.51. The maximum atomic E-state index is 10.8. The van der Waals surface area contributed by atoms with Crippen molar-refractivity contribution in [1.29, 1.82) is 0 Å². The Labute approximate surface area is 138 Å². The molecule has 0 heterocycles. The van der Waals surface area contributed by atoms with Gasteiger partial charge in [-0.1, -0.05) is 21.6 Å². The van der Waals surface area contributed by atoms with Crippen molar-refractivity contribution in [2.24, 2.45) is 11.5 Å². The summed E-state index contributed by atoms with van der Waals surface area (Å²) in [5.41, 5.74) is 15.0. The van der Waals surface area contributed by atoms with Crippen molar-refractivity contribution < 1.29 is 20.0 Å². The largest absolute Gasteiger partial charge is 0.327 e. The van der Waals surface area contributed by atoms with Gasteiger partial charge in [-0.3, -0.25) is 20.0 Å². The third-order valence-electron chi connectivity index (χ3n) is 2.85. The van der Waals surface area contributed by atoms with E-state index in [0.29, 0.717) is 12.8 Å². The minimum Gasteiger partial charge on any atom is -0.327 e. The second-order valence-corrected chi connectivity index (χ2v) is 7.50. The van der Waals surface area contributed by atoms with Crippen LogP contribution in [-0.4, -0.2) is 45.8 Å². The molecule has 0 bridgehead atoms. The second kappa shape index (κ2) is 14.1. The van der Waals surface area contributed by atoms with Gasteiger partial charge in [0.05, 0.1) is 0 Å². The van der Waals surface area contributed by atoms with Crippen molar-refractivity contribution in [3.63, 3.8) is 0 Å². The van der Waals surface area contributed by atoms with Gasteiger partial charge in [0.15, 0.2) is 0 Å². The molecule has 0 rings (SSSR count). The van der Waals surface area contributed by atoms with E-state index in [2.05, 4.69) is 0 Å². The van der Waals surface area contributed by atoms with E-state index >= 15 is 0 Å². The van der Waals surface area contributed by atoms with Crippen LogP contribution >= 0.6 is 21.6 Å². The SMILES string of the molecule is N[C@@H](CCCC(=O)NO)CSSC[C@@H](N)CCCC(=O)NO.